The standard InChI is InChI=1S/C17H24N4O2S/c1-5-10(2)14(20-17(18)23)16(22)21(4)11(3)15-19-12-8-6-7-9-13(12)24-15/h6-11,14H,5H2,1-4H3,(H3,18,20,23)/t10-,11-,14-/m0/s1. The molecule has 2 aromatic rings. The molecule has 3 N–H and O–H groups in total. The second-order valence-electron chi connectivity index (χ2n) is 6.02. The van der Waals surface area contributed by atoms with Crippen molar-refractivity contribution in [2.45, 2.75) is 39.3 Å². The molecule has 0 aliphatic carbocycles. The molecule has 1 aromatic heterocycles. The van der Waals surface area contributed by atoms with Gasteiger partial charge in [0.05, 0.1) is 16.3 Å². The van der Waals surface area contributed by atoms with Crippen LogP contribution in [0.5, 0.6) is 0 Å². The van der Waals surface area contributed by atoms with Gasteiger partial charge >= 0.3 is 6.03 Å². The number of hydrogen-bond acceptors (Lipinski definition) is 4. The van der Waals surface area contributed by atoms with Crippen molar-refractivity contribution in [3.05, 3.63) is 29.3 Å². The zero-order chi connectivity index (χ0) is 17.9. The van der Waals surface area contributed by atoms with Crippen LogP contribution in [0.3, 0.4) is 0 Å². The average molecular weight is 348 g/mol. The molecule has 0 unspecified atom stereocenters. The third kappa shape index (κ3) is 3.84. The maximum absolute atomic E-state index is 12.8. The van der Waals surface area contributed by atoms with Crippen LogP contribution in [0, 0.1) is 5.92 Å². The minimum absolute atomic E-state index is 0.00461. The van der Waals surface area contributed by atoms with Crippen molar-refractivity contribution in [2.75, 3.05) is 7.05 Å². The summed E-state index contributed by atoms with van der Waals surface area (Å²) in [6, 6.07) is 6.39. The fourth-order valence-corrected chi connectivity index (χ4v) is 3.54. The van der Waals surface area contributed by atoms with E-state index in [1.54, 1.807) is 23.3 Å². The van der Waals surface area contributed by atoms with E-state index in [1.807, 2.05) is 45.0 Å². The number of hydrogen-bond donors (Lipinski definition) is 2. The van der Waals surface area contributed by atoms with E-state index >= 15 is 0 Å². The van der Waals surface area contributed by atoms with Gasteiger partial charge in [-0.05, 0) is 25.0 Å². The van der Waals surface area contributed by atoms with E-state index in [9.17, 15) is 9.59 Å². The molecule has 0 aliphatic heterocycles. The molecule has 1 heterocycles. The molecule has 0 spiro atoms. The Morgan fingerprint density at radius 2 is 2.00 bits per heavy atom. The maximum atomic E-state index is 12.8. The summed E-state index contributed by atoms with van der Waals surface area (Å²) in [7, 11) is 1.73. The summed E-state index contributed by atoms with van der Waals surface area (Å²) in [4.78, 5) is 30.3. The molecule has 0 saturated heterocycles. The molecule has 24 heavy (non-hydrogen) atoms. The molecule has 0 aliphatic rings. The van der Waals surface area contributed by atoms with Gasteiger partial charge in [0.2, 0.25) is 5.91 Å². The van der Waals surface area contributed by atoms with E-state index < -0.39 is 12.1 Å². The van der Waals surface area contributed by atoms with Crippen LogP contribution in [0.1, 0.15) is 38.2 Å². The number of aromatic nitrogens is 1. The third-order valence-corrected chi connectivity index (χ3v) is 5.58. The van der Waals surface area contributed by atoms with Crippen LogP contribution in [-0.2, 0) is 4.79 Å². The van der Waals surface area contributed by atoms with Crippen molar-refractivity contribution >= 4 is 33.5 Å². The van der Waals surface area contributed by atoms with Crippen LogP contribution in [0.4, 0.5) is 4.79 Å². The Hall–Kier alpha value is -2.15. The fourth-order valence-electron chi connectivity index (χ4n) is 2.48. The van der Waals surface area contributed by atoms with Crippen LogP contribution in [0.2, 0.25) is 0 Å². The number of urea groups is 1. The summed E-state index contributed by atoms with van der Waals surface area (Å²) in [6.45, 7) is 5.84. The number of likely N-dealkylation sites (N-methyl/N-ethyl adjacent to an activating group) is 1. The first kappa shape index (κ1) is 18.2. The molecule has 130 valence electrons. The summed E-state index contributed by atoms with van der Waals surface area (Å²) in [5.74, 6) is -0.162. The van der Waals surface area contributed by atoms with Gasteiger partial charge in [0, 0.05) is 7.05 Å². The number of thiazole rings is 1. The number of nitrogens with two attached hydrogens (primary N) is 1. The largest absolute Gasteiger partial charge is 0.352 e. The van der Waals surface area contributed by atoms with Gasteiger partial charge in [0.1, 0.15) is 11.0 Å². The van der Waals surface area contributed by atoms with Crippen molar-refractivity contribution in [3.63, 3.8) is 0 Å². The first-order valence-electron chi connectivity index (χ1n) is 8.03. The van der Waals surface area contributed by atoms with E-state index in [4.69, 9.17) is 5.73 Å². The number of para-hydroxylation sites is 1. The lowest BCUT2D eigenvalue weighted by atomic mass is 9.97. The smallest absolute Gasteiger partial charge is 0.312 e. The minimum atomic E-state index is -0.685. The monoisotopic (exact) mass is 348 g/mol. The molecule has 3 atom stereocenters. The molecule has 0 saturated carbocycles. The predicted molar refractivity (Wildman–Crippen MR) is 96.8 cm³/mol. The second-order valence-corrected chi connectivity index (χ2v) is 7.08. The Morgan fingerprint density at radius 1 is 1.33 bits per heavy atom. The molecule has 0 radical (unpaired) electrons. The van der Waals surface area contributed by atoms with Crippen LogP contribution in [0.15, 0.2) is 24.3 Å². The number of primary amides is 1. The lowest BCUT2D eigenvalue weighted by Crippen LogP contribution is -2.52. The van der Waals surface area contributed by atoms with Crippen LogP contribution >= 0.6 is 11.3 Å². The lowest BCUT2D eigenvalue weighted by Gasteiger charge is -2.30. The lowest BCUT2D eigenvalue weighted by molar-refractivity contribution is -0.135. The van der Waals surface area contributed by atoms with E-state index in [0.717, 1.165) is 21.6 Å². The van der Waals surface area contributed by atoms with Gasteiger partial charge < -0.3 is 16.0 Å². The fraction of sp³-hybridized carbons (Fsp3) is 0.471. The Labute approximate surface area is 146 Å². The van der Waals surface area contributed by atoms with Crippen LogP contribution < -0.4 is 11.1 Å². The van der Waals surface area contributed by atoms with E-state index in [2.05, 4.69) is 10.3 Å². The highest BCUT2D eigenvalue weighted by Gasteiger charge is 2.31. The molecular weight excluding hydrogens is 324 g/mol. The van der Waals surface area contributed by atoms with Gasteiger partial charge in [-0.15, -0.1) is 11.3 Å². The maximum Gasteiger partial charge on any atom is 0.312 e. The quantitative estimate of drug-likeness (QED) is 0.841. The number of amides is 3. The average Bonchev–Trinajstić information content (AvgIpc) is 3.00. The van der Waals surface area contributed by atoms with Gasteiger partial charge in [0.25, 0.3) is 0 Å². The molecule has 0 bridgehead atoms. The highest BCUT2D eigenvalue weighted by molar-refractivity contribution is 7.18. The van der Waals surface area contributed by atoms with Gasteiger partial charge in [-0.25, -0.2) is 9.78 Å². The first-order chi connectivity index (χ1) is 11.3. The highest BCUT2D eigenvalue weighted by Crippen LogP contribution is 2.29. The molecular formula is C17H24N4O2S. The number of nitrogens with one attached hydrogen (secondary N) is 1. The summed E-state index contributed by atoms with van der Waals surface area (Å²) < 4.78 is 1.09. The molecule has 0 fully saturated rings. The zero-order valence-electron chi connectivity index (χ0n) is 14.4. The van der Waals surface area contributed by atoms with Gasteiger partial charge in [-0.2, -0.15) is 0 Å². The molecule has 3 amide bonds. The molecule has 7 heteroatoms. The first-order valence-corrected chi connectivity index (χ1v) is 8.84. The summed E-state index contributed by atoms with van der Waals surface area (Å²) in [6.07, 6.45) is 0.764. The van der Waals surface area contributed by atoms with Crippen LogP contribution in [-0.4, -0.2) is 34.9 Å². The molecule has 1 aromatic carbocycles. The number of carbonyl (C=O) groups excluding carboxylic acids is 2. The summed E-state index contributed by atoms with van der Waals surface area (Å²) >= 11 is 1.57. The second kappa shape index (κ2) is 7.61. The number of rotatable bonds is 6. The van der Waals surface area contributed by atoms with E-state index in [1.165, 1.54) is 0 Å². The topological polar surface area (TPSA) is 88.3 Å². The Balaban J connectivity index is 2.22. The number of fused-ring (bicyclic) bond motifs is 1. The Morgan fingerprint density at radius 3 is 2.58 bits per heavy atom. The Kier molecular flexibility index (Phi) is 5.77. The minimum Gasteiger partial charge on any atom is -0.352 e. The third-order valence-electron chi connectivity index (χ3n) is 4.37. The number of benzene rings is 1. The van der Waals surface area contributed by atoms with Crippen molar-refractivity contribution in [1.82, 2.24) is 15.2 Å². The highest BCUT2D eigenvalue weighted by atomic mass is 32.1. The van der Waals surface area contributed by atoms with Crippen molar-refractivity contribution in [2.24, 2.45) is 11.7 Å². The van der Waals surface area contributed by atoms with Gasteiger partial charge in [-0.3, -0.25) is 4.79 Å². The van der Waals surface area contributed by atoms with E-state index in [0.29, 0.717) is 0 Å². The van der Waals surface area contributed by atoms with Crippen molar-refractivity contribution in [3.8, 4) is 0 Å². The number of carbonyl (C=O) groups is 2. The molecule has 2 rings (SSSR count). The number of nitrogens with zero attached hydrogens (tertiary/aromatic N) is 2. The molecule has 6 nitrogen and oxygen atoms in total. The normalized spacial score (nSPS) is 14.8. The van der Waals surface area contributed by atoms with Crippen molar-refractivity contribution in [1.29, 1.82) is 0 Å². The Bertz CT molecular complexity index is 697. The van der Waals surface area contributed by atoms with Crippen LogP contribution in [0.25, 0.3) is 10.2 Å². The zero-order valence-corrected chi connectivity index (χ0v) is 15.3. The van der Waals surface area contributed by atoms with Crippen molar-refractivity contribution < 1.29 is 9.59 Å². The summed E-state index contributed by atoms with van der Waals surface area (Å²) in [5, 5.41) is 3.44. The van der Waals surface area contributed by atoms with Gasteiger partial charge in [0.15, 0.2) is 0 Å². The SMILES string of the molecule is CC[C@H](C)[C@H](NC(N)=O)C(=O)N(C)[C@@H](C)c1nc2ccccc2s1. The predicted octanol–water partition coefficient (Wildman–Crippen LogP) is 2.90. The summed E-state index contributed by atoms with van der Waals surface area (Å²) in [5.41, 5.74) is 6.16. The van der Waals surface area contributed by atoms with Gasteiger partial charge in [-0.1, -0.05) is 32.4 Å². The van der Waals surface area contributed by atoms with E-state index in [-0.39, 0.29) is 17.9 Å².